The number of imidazole rings is 1. The van der Waals surface area contributed by atoms with Crippen molar-refractivity contribution in [3.63, 3.8) is 0 Å². The van der Waals surface area contributed by atoms with Gasteiger partial charge in [-0.15, -0.1) is 0 Å². The molecule has 2 aliphatic rings. The molecule has 0 aliphatic heterocycles. The topological polar surface area (TPSA) is 43.8 Å². The van der Waals surface area contributed by atoms with Gasteiger partial charge in [-0.3, -0.25) is 0 Å². The molecule has 100 valence electrons. The van der Waals surface area contributed by atoms with Gasteiger partial charge in [-0.05, 0) is 32.1 Å². The molecule has 0 atom stereocenters. The Labute approximate surface area is 110 Å². The van der Waals surface area contributed by atoms with Crippen molar-refractivity contribution in [1.29, 1.82) is 0 Å². The first kappa shape index (κ1) is 12.1. The van der Waals surface area contributed by atoms with E-state index in [1.165, 1.54) is 62.9 Å². The summed E-state index contributed by atoms with van der Waals surface area (Å²) >= 11 is 0. The molecule has 2 aliphatic carbocycles. The largest absolute Gasteiger partial charge is 0.384 e. The van der Waals surface area contributed by atoms with E-state index in [0.29, 0.717) is 11.8 Å². The molecule has 3 heteroatoms. The Morgan fingerprint density at radius 1 is 1.17 bits per heavy atom. The van der Waals surface area contributed by atoms with Crippen molar-refractivity contribution in [2.24, 2.45) is 0 Å². The van der Waals surface area contributed by atoms with E-state index >= 15 is 0 Å². The van der Waals surface area contributed by atoms with E-state index in [1.54, 1.807) is 0 Å². The number of nitrogens with zero attached hydrogens (tertiary/aromatic N) is 2. The van der Waals surface area contributed by atoms with Crippen molar-refractivity contribution in [2.75, 3.05) is 5.73 Å². The Morgan fingerprint density at radius 2 is 1.89 bits per heavy atom. The molecule has 0 amide bonds. The van der Waals surface area contributed by atoms with Crippen molar-refractivity contribution < 1.29 is 0 Å². The van der Waals surface area contributed by atoms with Gasteiger partial charge < -0.3 is 10.3 Å². The molecule has 0 radical (unpaired) electrons. The SMILES string of the molecule is CCCCn1c(C2CC2)nc(C2CCCC2)c1N. The third kappa shape index (κ3) is 2.15. The molecule has 0 saturated heterocycles. The minimum Gasteiger partial charge on any atom is -0.384 e. The highest BCUT2D eigenvalue weighted by Crippen LogP contribution is 2.43. The van der Waals surface area contributed by atoms with Gasteiger partial charge in [0, 0.05) is 18.4 Å². The van der Waals surface area contributed by atoms with Crippen molar-refractivity contribution in [1.82, 2.24) is 9.55 Å². The summed E-state index contributed by atoms with van der Waals surface area (Å²) in [6.45, 7) is 3.30. The van der Waals surface area contributed by atoms with Gasteiger partial charge in [0.15, 0.2) is 0 Å². The number of hydrogen-bond donors (Lipinski definition) is 1. The zero-order valence-corrected chi connectivity index (χ0v) is 11.5. The highest BCUT2D eigenvalue weighted by molar-refractivity contribution is 5.42. The van der Waals surface area contributed by atoms with Gasteiger partial charge in [0.2, 0.25) is 0 Å². The zero-order chi connectivity index (χ0) is 12.5. The first-order chi connectivity index (χ1) is 8.81. The van der Waals surface area contributed by atoms with Crippen LogP contribution in [0, 0.1) is 0 Å². The number of hydrogen-bond acceptors (Lipinski definition) is 2. The quantitative estimate of drug-likeness (QED) is 0.860. The molecule has 2 saturated carbocycles. The molecule has 1 aromatic rings. The molecule has 0 bridgehead atoms. The van der Waals surface area contributed by atoms with E-state index in [4.69, 9.17) is 10.7 Å². The predicted octanol–water partition coefficient (Wildman–Crippen LogP) is 3.80. The summed E-state index contributed by atoms with van der Waals surface area (Å²) in [5.74, 6) is 3.63. The number of nitrogen functional groups attached to an aromatic ring is 1. The maximum absolute atomic E-state index is 6.39. The number of rotatable bonds is 5. The van der Waals surface area contributed by atoms with E-state index in [2.05, 4.69) is 11.5 Å². The lowest BCUT2D eigenvalue weighted by Crippen LogP contribution is -2.07. The summed E-state index contributed by atoms with van der Waals surface area (Å²) in [7, 11) is 0. The Bertz CT molecular complexity index is 412. The van der Waals surface area contributed by atoms with Crippen LogP contribution in [0.1, 0.15) is 81.6 Å². The molecule has 18 heavy (non-hydrogen) atoms. The second-order valence-corrected chi connectivity index (χ2v) is 6.00. The van der Waals surface area contributed by atoms with Gasteiger partial charge in [-0.1, -0.05) is 26.2 Å². The number of nitrogens with two attached hydrogens (primary N) is 1. The van der Waals surface area contributed by atoms with Gasteiger partial charge in [0.05, 0.1) is 5.69 Å². The van der Waals surface area contributed by atoms with Crippen LogP contribution in [-0.2, 0) is 6.54 Å². The first-order valence-corrected chi connectivity index (χ1v) is 7.67. The fourth-order valence-electron chi connectivity index (χ4n) is 3.21. The van der Waals surface area contributed by atoms with Crippen LogP contribution in [-0.4, -0.2) is 9.55 Å². The van der Waals surface area contributed by atoms with Crippen LogP contribution in [0.4, 0.5) is 5.82 Å². The van der Waals surface area contributed by atoms with E-state index < -0.39 is 0 Å². The fourth-order valence-corrected chi connectivity index (χ4v) is 3.21. The van der Waals surface area contributed by atoms with Gasteiger partial charge in [0.1, 0.15) is 11.6 Å². The predicted molar refractivity (Wildman–Crippen MR) is 74.7 cm³/mol. The zero-order valence-electron chi connectivity index (χ0n) is 11.5. The average Bonchev–Trinajstić information content (AvgIpc) is 2.97. The van der Waals surface area contributed by atoms with E-state index in [-0.39, 0.29) is 0 Å². The second kappa shape index (κ2) is 4.94. The summed E-state index contributed by atoms with van der Waals surface area (Å²) in [5, 5.41) is 0. The van der Waals surface area contributed by atoms with Crippen molar-refractivity contribution in [2.45, 2.75) is 76.7 Å². The summed E-state index contributed by atoms with van der Waals surface area (Å²) in [4.78, 5) is 4.94. The molecule has 1 heterocycles. The lowest BCUT2D eigenvalue weighted by Gasteiger charge is -2.10. The fraction of sp³-hybridized carbons (Fsp3) is 0.800. The maximum atomic E-state index is 6.39. The van der Waals surface area contributed by atoms with Crippen LogP contribution in [0.3, 0.4) is 0 Å². The monoisotopic (exact) mass is 247 g/mol. The van der Waals surface area contributed by atoms with E-state index in [0.717, 1.165) is 12.4 Å². The van der Waals surface area contributed by atoms with Crippen LogP contribution in [0.25, 0.3) is 0 Å². The summed E-state index contributed by atoms with van der Waals surface area (Å²) in [6, 6.07) is 0. The Morgan fingerprint density at radius 3 is 2.50 bits per heavy atom. The molecule has 0 spiro atoms. The molecular weight excluding hydrogens is 222 g/mol. The first-order valence-electron chi connectivity index (χ1n) is 7.67. The smallest absolute Gasteiger partial charge is 0.127 e. The Hall–Kier alpha value is -0.990. The highest BCUT2D eigenvalue weighted by atomic mass is 15.2. The molecule has 0 aromatic carbocycles. The van der Waals surface area contributed by atoms with Crippen LogP contribution in [0.15, 0.2) is 0 Å². The molecule has 3 nitrogen and oxygen atoms in total. The molecule has 2 fully saturated rings. The van der Waals surface area contributed by atoms with Crippen molar-refractivity contribution in [3.05, 3.63) is 11.5 Å². The van der Waals surface area contributed by atoms with E-state index in [9.17, 15) is 0 Å². The summed E-state index contributed by atoms with van der Waals surface area (Å²) in [5.41, 5.74) is 7.62. The number of unbranched alkanes of at least 4 members (excludes halogenated alkanes) is 1. The van der Waals surface area contributed by atoms with Gasteiger partial charge in [-0.25, -0.2) is 4.98 Å². The average molecular weight is 247 g/mol. The summed E-state index contributed by atoms with van der Waals surface area (Å²) < 4.78 is 2.33. The lowest BCUT2D eigenvalue weighted by atomic mass is 10.0. The van der Waals surface area contributed by atoms with Gasteiger partial charge in [-0.2, -0.15) is 0 Å². The number of anilines is 1. The van der Waals surface area contributed by atoms with Crippen molar-refractivity contribution in [3.8, 4) is 0 Å². The van der Waals surface area contributed by atoms with Gasteiger partial charge >= 0.3 is 0 Å². The Kier molecular flexibility index (Phi) is 3.31. The molecular formula is C15H25N3. The van der Waals surface area contributed by atoms with E-state index in [1.807, 2.05) is 0 Å². The van der Waals surface area contributed by atoms with Crippen LogP contribution >= 0.6 is 0 Å². The number of aromatic nitrogens is 2. The standard InChI is InChI=1S/C15H25N3/c1-2-3-10-18-14(16)13(11-6-4-5-7-11)17-15(18)12-8-9-12/h11-12H,2-10,16H2,1H3. The minimum atomic E-state index is 0.644. The normalized spacial score (nSPS) is 20.7. The van der Waals surface area contributed by atoms with Crippen LogP contribution in [0.5, 0.6) is 0 Å². The lowest BCUT2D eigenvalue weighted by molar-refractivity contribution is 0.609. The second-order valence-electron chi connectivity index (χ2n) is 6.00. The van der Waals surface area contributed by atoms with Crippen LogP contribution in [0.2, 0.25) is 0 Å². The minimum absolute atomic E-state index is 0.644. The third-order valence-corrected chi connectivity index (χ3v) is 4.48. The maximum Gasteiger partial charge on any atom is 0.127 e. The highest BCUT2D eigenvalue weighted by Gasteiger charge is 2.32. The molecule has 2 N–H and O–H groups in total. The molecule has 1 aromatic heterocycles. The molecule has 0 unspecified atom stereocenters. The molecule has 3 rings (SSSR count). The summed E-state index contributed by atoms with van der Waals surface area (Å²) in [6.07, 6.45) is 10.3. The van der Waals surface area contributed by atoms with Gasteiger partial charge in [0.25, 0.3) is 0 Å². The van der Waals surface area contributed by atoms with Crippen LogP contribution < -0.4 is 5.73 Å². The van der Waals surface area contributed by atoms with Crippen molar-refractivity contribution >= 4 is 5.82 Å². The third-order valence-electron chi connectivity index (χ3n) is 4.48. The Balaban J connectivity index is 1.89.